The Labute approximate surface area is 166 Å². The summed E-state index contributed by atoms with van der Waals surface area (Å²) in [6, 6.07) is 19.9. The van der Waals surface area contributed by atoms with Gasteiger partial charge in [0.05, 0.1) is 23.0 Å². The van der Waals surface area contributed by atoms with E-state index in [1.54, 1.807) is 12.1 Å². The molecule has 5 heteroatoms. The summed E-state index contributed by atoms with van der Waals surface area (Å²) in [6.45, 7) is 3.13. The molecule has 0 atom stereocenters. The zero-order valence-electron chi connectivity index (χ0n) is 16.4. The molecular weight excluding hydrogens is 348 g/mol. The number of benzene rings is 2. The van der Waals surface area contributed by atoms with Crippen LogP contribution in [0.15, 0.2) is 54.6 Å². The van der Waals surface area contributed by atoms with Gasteiger partial charge in [0.15, 0.2) is 0 Å². The van der Waals surface area contributed by atoms with Gasteiger partial charge in [0.25, 0.3) is 0 Å². The number of nitrogens with one attached hydrogen (secondary N) is 2. The van der Waals surface area contributed by atoms with Crippen molar-refractivity contribution in [2.75, 3.05) is 19.4 Å². The van der Waals surface area contributed by atoms with Crippen molar-refractivity contribution in [3.8, 4) is 23.1 Å². The molecule has 0 saturated heterocycles. The predicted molar refractivity (Wildman–Crippen MR) is 112 cm³/mol. The number of nitrogens with zero attached hydrogens (tertiary/aromatic N) is 2. The van der Waals surface area contributed by atoms with Gasteiger partial charge < -0.3 is 15.4 Å². The smallest absolute Gasteiger partial charge is 0.222 e. The number of ether oxygens (including phenoxy) is 1. The van der Waals surface area contributed by atoms with Gasteiger partial charge in [-0.2, -0.15) is 5.26 Å². The molecular formula is C23H24N4O. The van der Waals surface area contributed by atoms with Crippen LogP contribution in [0.25, 0.3) is 11.1 Å². The van der Waals surface area contributed by atoms with E-state index in [4.69, 9.17) is 15.0 Å². The number of anilines is 1. The van der Waals surface area contributed by atoms with E-state index >= 15 is 0 Å². The van der Waals surface area contributed by atoms with E-state index in [0.717, 1.165) is 28.1 Å². The lowest BCUT2D eigenvalue weighted by Gasteiger charge is -2.16. The van der Waals surface area contributed by atoms with Crippen molar-refractivity contribution in [3.05, 3.63) is 77.0 Å². The van der Waals surface area contributed by atoms with Crippen molar-refractivity contribution in [1.82, 2.24) is 10.3 Å². The molecule has 0 saturated carbocycles. The molecule has 0 aliphatic carbocycles. The largest absolute Gasteiger partial charge is 0.472 e. The minimum atomic E-state index is 0.439. The number of aryl methyl sites for hydroxylation is 1. The third kappa shape index (κ3) is 4.48. The molecule has 0 fully saturated rings. The highest BCUT2D eigenvalue weighted by atomic mass is 16.5. The molecule has 0 bridgehead atoms. The van der Waals surface area contributed by atoms with Gasteiger partial charge in [0.2, 0.25) is 5.88 Å². The van der Waals surface area contributed by atoms with E-state index in [0.29, 0.717) is 24.6 Å². The fourth-order valence-electron chi connectivity index (χ4n) is 2.93. The number of nitriles is 1. The zero-order valence-corrected chi connectivity index (χ0v) is 16.4. The number of hydrogen-bond donors (Lipinski definition) is 2. The first kappa shape index (κ1) is 19.4. The van der Waals surface area contributed by atoms with E-state index in [1.807, 2.05) is 32.3 Å². The molecule has 142 valence electrons. The Kier molecular flexibility index (Phi) is 6.25. The summed E-state index contributed by atoms with van der Waals surface area (Å²) in [5.41, 5.74) is 6.61. The maximum atomic E-state index is 9.06. The van der Waals surface area contributed by atoms with Crippen LogP contribution in [0.5, 0.6) is 5.88 Å². The molecule has 0 amide bonds. The van der Waals surface area contributed by atoms with E-state index in [9.17, 15) is 0 Å². The number of hydrogen-bond acceptors (Lipinski definition) is 5. The Hall–Kier alpha value is -3.36. The molecule has 3 aromatic rings. The highest BCUT2D eigenvalue weighted by molar-refractivity contribution is 5.74. The van der Waals surface area contributed by atoms with Crippen molar-refractivity contribution < 1.29 is 4.74 Å². The predicted octanol–water partition coefficient (Wildman–Crippen LogP) is 4.27. The van der Waals surface area contributed by atoms with Crippen LogP contribution in [0.1, 0.15) is 22.4 Å². The first-order valence-corrected chi connectivity index (χ1v) is 9.19. The Morgan fingerprint density at radius 1 is 1.04 bits per heavy atom. The van der Waals surface area contributed by atoms with Gasteiger partial charge in [-0.3, -0.25) is 0 Å². The fraction of sp³-hybridized carbons (Fsp3) is 0.217. The van der Waals surface area contributed by atoms with Gasteiger partial charge in [0, 0.05) is 19.2 Å². The number of aromatic nitrogens is 1. The second-order valence-corrected chi connectivity index (χ2v) is 6.58. The van der Waals surface area contributed by atoms with E-state index in [1.165, 1.54) is 5.56 Å². The van der Waals surface area contributed by atoms with Gasteiger partial charge in [-0.25, -0.2) is 4.98 Å². The van der Waals surface area contributed by atoms with Crippen LogP contribution in [0.3, 0.4) is 0 Å². The van der Waals surface area contributed by atoms with Crippen LogP contribution in [0.4, 0.5) is 5.69 Å². The Morgan fingerprint density at radius 3 is 2.36 bits per heavy atom. The Bertz CT molecular complexity index is 973. The van der Waals surface area contributed by atoms with Crippen LogP contribution in [0, 0.1) is 18.3 Å². The molecule has 1 aromatic heterocycles. The molecule has 0 radical (unpaired) electrons. The van der Waals surface area contributed by atoms with Crippen LogP contribution in [-0.4, -0.2) is 19.1 Å². The standard InChI is InChI=1S/C23H24N4O/c1-16-4-6-18(7-5-16)15-28-23-20(19-10-8-17(13-24)9-11-19)12-21(26-3)22(27-23)14-25-2/h4-12,25-26H,14-15H2,1-3H3. The first-order chi connectivity index (χ1) is 13.6. The molecule has 2 N–H and O–H groups in total. The lowest BCUT2D eigenvalue weighted by Crippen LogP contribution is -2.11. The lowest BCUT2D eigenvalue weighted by molar-refractivity contribution is 0.294. The monoisotopic (exact) mass is 372 g/mol. The molecule has 5 nitrogen and oxygen atoms in total. The van der Waals surface area contributed by atoms with E-state index in [-0.39, 0.29) is 0 Å². The van der Waals surface area contributed by atoms with Gasteiger partial charge >= 0.3 is 0 Å². The van der Waals surface area contributed by atoms with Crippen molar-refractivity contribution in [1.29, 1.82) is 5.26 Å². The average Bonchev–Trinajstić information content (AvgIpc) is 2.73. The summed E-state index contributed by atoms with van der Waals surface area (Å²) in [6.07, 6.45) is 0. The topological polar surface area (TPSA) is 70.0 Å². The third-order valence-electron chi connectivity index (χ3n) is 4.50. The van der Waals surface area contributed by atoms with E-state index < -0.39 is 0 Å². The normalized spacial score (nSPS) is 10.4. The summed E-state index contributed by atoms with van der Waals surface area (Å²) < 4.78 is 6.13. The summed E-state index contributed by atoms with van der Waals surface area (Å²) in [7, 11) is 3.77. The first-order valence-electron chi connectivity index (χ1n) is 9.19. The van der Waals surface area contributed by atoms with Gasteiger partial charge in [-0.1, -0.05) is 42.0 Å². The van der Waals surface area contributed by atoms with Crippen molar-refractivity contribution in [2.45, 2.75) is 20.1 Å². The van der Waals surface area contributed by atoms with Crippen molar-refractivity contribution in [3.63, 3.8) is 0 Å². The molecule has 0 aliphatic rings. The maximum absolute atomic E-state index is 9.06. The fourth-order valence-corrected chi connectivity index (χ4v) is 2.93. The lowest BCUT2D eigenvalue weighted by atomic mass is 10.0. The summed E-state index contributed by atoms with van der Waals surface area (Å²) in [5, 5.41) is 15.4. The molecule has 3 rings (SSSR count). The van der Waals surface area contributed by atoms with Crippen LogP contribution in [-0.2, 0) is 13.2 Å². The highest BCUT2D eigenvalue weighted by Crippen LogP contribution is 2.33. The molecule has 1 heterocycles. The van der Waals surface area contributed by atoms with Gasteiger partial charge in [0.1, 0.15) is 6.61 Å². The maximum Gasteiger partial charge on any atom is 0.222 e. The van der Waals surface area contributed by atoms with Gasteiger partial charge in [-0.15, -0.1) is 0 Å². The summed E-state index contributed by atoms with van der Waals surface area (Å²) >= 11 is 0. The molecule has 0 aliphatic heterocycles. The summed E-state index contributed by atoms with van der Waals surface area (Å²) in [5.74, 6) is 0.578. The Balaban J connectivity index is 1.99. The molecule has 2 aromatic carbocycles. The van der Waals surface area contributed by atoms with Crippen molar-refractivity contribution in [2.24, 2.45) is 0 Å². The second kappa shape index (κ2) is 9.03. The minimum Gasteiger partial charge on any atom is -0.472 e. The SMILES string of the molecule is CNCc1nc(OCc2ccc(C)cc2)c(-c2ccc(C#N)cc2)cc1NC. The molecule has 0 unspecified atom stereocenters. The highest BCUT2D eigenvalue weighted by Gasteiger charge is 2.14. The van der Waals surface area contributed by atoms with Crippen LogP contribution in [0.2, 0.25) is 0 Å². The molecule has 28 heavy (non-hydrogen) atoms. The average molecular weight is 372 g/mol. The van der Waals surface area contributed by atoms with Crippen molar-refractivity contribution >= 4 is 5.69 Å². The number of rotatable bonds is 7. The van der Waals surface area contributed by atoms with Crippen LogP contribution >= 0.6 is 0 Å². The number of pyridine rings is 1. The third-order valence-corrected chi connectivity index (χ3v) is 4.50. The second-order valence-electron chi connectivity index (χ2n) is 6.58. The summed E-state index contributed by atoms with van der Waals surface area (Å²) in [4.78, 5) is 4.77. The minimum absolute atomic E-state index is 0.439. The van der Waals surface area contributed by atoms with E-state index in [2.05, 4.69) is 47.9 Å². The van der Waals surface area contributed by atoms with Gasteiger partial charge in [-0.05, 0) is 43.3 Å². The quantitative estimate of drug-likeness (QED) is 0.648. The Morgan fingerprint density at radius 2 is 1.75 bits per heavy atom. The zero-order chi connectivity index (χ0) is 19.9. The van der Waals surface area contributed by atoms with Crippen LogP contribution < -0.4 is 15.4 Å². The molecule has 0 spiro atoms.